The second-order valence-corrected chi connectivity index (χ2v) is 6.54. The molecular weight excluding hydrogens is 445 g/mol. The van der Waals surface area contributed by atoms with Gasteiger partial charge in [-0.1, -0.05) is 0 Å². The molecule has 3 N–H and O–H groups in total. The van der Waals surface area contributed by atoms with Crippen molar-refractivity contribution in [3.05, 3.63) is 61.2 Å². The number of carbonyl (C=O) groups is 1. The molecule has 0 fully saturated rings. The maximum atomic E-state index is 12.2. The molecule has 0 aromatic heterocycles. The molecule has 0 unspecified atom stereocenters. The molecule has 0 aliphatic rings. The lowest BCUT2D eigenvalue weighted by molar-refractivity contribution is -0.384. The average molecular weight is 457 g/mol. The van der Waals surface area contributed by atoms with Crippen molar-refractivity contribution in [1.29, 1.82) is 0 Å². The van der Waals surface area contributed by atoms with E-state index in [-0.39, 0.29) is 22.2 Å². The predicted molar refractivity (Wildman–Crippen MR) is 102 cm³/mol. The van der Waals surface area contributed by atoms with Crippen LogP contribution in [0.25, 0.3) is 0 Å². The van der Waals surface area contributed by atoms with E-state index in [0.717, 1.165) is 15.2 Å². The number of nitrogens with one attached hydrogen (secondary N) is 2. The Kier molecular flexibility index (Phi) is 5.67. The topological polar surface area (TPSA) is 104 Å². The van der Waals surface area contributed by atoms with Crippen molar-refractivity contribution in [2.75, 3.05) is 5.32 Å². The molecule has 0 aliphatic heterocycles. The van der Waals surface area contributed by atoms with Crippen molar-refractivity contribution in [3.63, 3.8) is 0 Å². The van der Waals surface area contributed by atoms with Gasteiger partial charge in [0.2, 0.25) is 0 Å². The fraction of sp³-hybridized carbons (Fsp3) is 0.0667. The van der Waals surface area contributed by atoms with Gasteiger partial charge in [-0.2, -0.15) is 0 Å². The lowest BCUT2D eigenvalue weighted by atomic mass is 10.1. The molecule has 0 atom stereocenters. The Labute approximate surface area is 156 Å². The summed E-state index contributed by atoms with van der Waals surface area (Å²) in [6.45, 7) is 1.88. The Morgan fingerprint density at radius 2 is 2.00 bits per heavy atom. The van der Waals surface area contributed by atoms with Gasteiger partial charge in [0.1, 0.15) is 5.75 Å². The van der Waals surface area contributed by atoms with Crippen LogP contribution in [0.3, 0.4) is 0 Å². The van der Waals surface area contributed by atoms with Crippen LogP contribution in [-0.4, -0.2) is 21.0 Å². The highest BCUT2D eigenvalue weighted by Crippen LogP contribution is 2.27. The Balaban J connectivity index is 2.08. The fourth-order valence-electron chi connectivity index (χ4n) is 1.94. The Bertz CT molecular complexity index is 821. The molecule has 0 bridgehead atoms. The van der Waals surface area contributed by atoms with E-state index in [1.807, 2.05) is 13.0 Å². The summed E-state index contributed by atoms with van der Waals surface area (Å²) in [6, 6.07) is 8.90. The quantitative estimate of drug-likeness (QED) is 0.215. The van der Waals surface area contributed by atoms with Crippen molar-refractivity contribution in [2.24, 2.45) is 0 Å². The number of halogens is 1. The minimum Gasteiger partial charge on any atom is -0.506 e. The molecule has 0 saturated heterocycles. The monoisotopic (exact) mass is 457 g/mol. The number of nitrogens with zero attached hydrogens (tertiary/aromatic N) is 1. The molecule has 0 heterocycles. The molecule has 2 aromatic rings. The Hall–Kier alpha value is -2.27. The number of rotatable bonds is 3. The number of carbonyl (C=O) groups excluding carboxylic acids is 1. The summed E-state index contributed by atoms with van der Waals surface area (Å²) in [6.07, 6.45) is 0. The third kappa shape index (κ3) is 4.61. The highest BCUT2D eigenvalue weighted by Gasteiger charge is 2.13. The minimum atomic E-state index is -0.622. The van der Waals surface area contributed by atoms with Crippen LogP contribution in [0.4, 0.5) is 11.4 Å². The number of nitro groups is 1. The van der Waals surface area contributed by atoms with Gasteiger partial charge in [0.25, 0.3) is 11.6 Å². The van der Waals surface area contributed by atoms with E-state index in [1.165, 1.54) is 12.1 Å². The van der Waals surface area contributed by atoms with E-state index in [0.29, 0.717) is 5.56 Å². The average Bonchev–Trinajstić information content (AvgIpc) is 2.48. The minimum absolute atomic E-state index is 0.0272. The summed E-state index contributed by atoms with van der Waals surface area (Å²) in [5, 5.41) is 25.5. The Morgan fingerprint density at radius 1 is 1.29 bits per heavy atom. The van der Waals surface area contributed by atoms with Crippen molar-refractivity contribution in [1.82, 2.24) is 5.32 Å². The van der Waals surface area contributed by atoms with Crippen LogP contribution >= 0.6 is 34.8 Å². The first-order valence-electron chi connectivity index (χ1n) is 6.63. The SMILES string of the molecule is Cc1cc(I)cc(C(=O)NC(=S)Nc2ccc([N+](=O)[O-])cc2O)c1. The third-order valence-corrected chi connectivity index (χ3v) is 3.80. The zero-order valence-corrected chi connectivity index (χ0v) is 15.3. The van der Waals surface area contributed by atoms with E-state index in [1.54, 1.807) is 12.1 Å². The van der Waals surface area contributed by atoms with Gasteiger partial charge in [0.15, 0.2) is 5.11 Å². The van der Waals surface area contributed by atoms with Gasteiger partial charge >= 0.3 is 0 Å². The smallest absolute Gasteiger partial charge is 0.273 e. The van der Waals surface area contributed by atoms with Gasteiger partial charge in [-0.15, -0.1) is 0 Å². The van der Waals surface area contributed by atoms with Gasteiger partial charge in [0.05, 0.1) is 16.7 Å². The van der Waals surface area contributed by atoms with Crippen LogP contribution < -0.4 is 10.6 Å². The van der Waals surface area contributed by atoms with Crippen LogP contribution in [0.15, 0.2) is 36.4 Å². The number of hydrogen-bond acceptors (Lipinski definition) is 5. The number of non-ortho nitro benzene ring substituents is 1. The number of aryl methyl sites for hydroxylation is 1. The summed E-state index contributed by atoms with van der Waals surface area (Å²) in [4.78, 5) is 22.2. The number of thiocarbonyl (C=S) groups is 1. The normalized spacial score (nSPS) is 10.1. The summed E-state index contributed by atoms with van der Waals surface area (Å²) in [5.74, 6) is -0.735. The van der Waals surface area contributed by atoms with Gasteiger partial charge in [0, 0.05) is 15.2 Å². The number of benzene rings is 2. The fourth-order valence-corrected chi connectivity index (χ4v) is 2.96. The van der Waals surface area contributed by atoms with Crippen molar-refractivity contribution in [2.45, 2.75) is 6.92 Å². The first kappa shape index (κ1) is 18.1. The summed E-state index contributed by atoms with van der Waals surface area (Å²) >= 11 is 7.14. The number of phenolic OH excluding ortho intramolecular Hbond substituents is 1. The third-order valence-electron chi connectivity index (χ3n) is 2.97. The van der Waals surface area contributed by atoms with Gasteiger partial charge in [-0.25, -0.2) is 0 Å². The summed E-state index contributed by atoms with van der Waals surface area (Å²) < 4.78 is 0.921. The highest BCUT2D eigenvalue weighted by atomic mass is 127. The molecule has 24 heavy (non-hydrogen) atoms. The second kappa shape index (κ2) is 7.53. The molecule has 9 heteroatoms. The van der Waals surface area contributed by atoms with E-state index < -0.39 is 10.8 Å². The van der Waals surface area contributed by atoms with Crippen molar-refractivity contribution in [3.8, 4) is 5.75 Å². The first-order valence-corrected chi connectivity index (χ1v) is 8.12. The zero-order valence-electron chi connectivity index (χ0n) is 12.4. The molecule has 0 radical (unpaired) electrons. The Morgan fingerprint density at radius 3 is 2.58 bits per heavy atom. The molecular formula is C15H12IN3O4S. The molecule has 2 rings (SSSR count). The maximum Gasteiger partial charge on any atom is 0.273 e. The van der Waals surface area contributed by atoms with Gasteiger partial charge < -0.3 is 10.4 Å². The second-order valence-electron chi connectivity index (χ2n) is 4.88. The number of aromatic hydroxyl groups is 1. The van der Waals surface area contributed by atoms with E-state index in [2.05, 4.69) is 33.2 Å². The first-order chi connectivity index (χ1) is 11.3. The highest BCUT2D eigenvalue weighted by molar-refractivity contribution is 14.1. The molecule has 0 spiro atoms. The molecule has 0 aliphatic carbocycles. The molecule has 2 aromatic carbocycles. The van der Waals surface area contributed by atoms with Gasteiger partial charge in [-0.3, -0.25) is 20.2 Å². The number of anilines is 1. The van der Waals surface area contributed by atoms with E-state index in [4.69, 9.17) is 12.2 Å². The number of amides is 1. The largest absolute Gasteiger partial charge is 0.506 e. The predicted octanol–water partition coefficient (Wildman–Crippen LogP) is 3.34. The van der Waals surface area contributed by atoms with Crippen LogP contribution in [0.1, 0.15) is 15.9 Å². The number of phenols is 1. The standard InChI is InChI=1S/C15H12IN3O4S/c1-8-4-9(6-10(16)5-8)14(21)18-15(24)17-12-3-2-11(19(22)23)7-13(12)20/h2-7,20H,1H3,(H2,17,18,21,24). The lowest BCUT2D eigenvalue weighted by Crippen LogP contribution is -2.34. The molecule has 124 valence electrons. The van der Waals surface area contributed by atoms with E-state index >= 15 is 0 Å². The maximum absolute atomic E-state index is 12.2. The molecule has 1 amide bonds. The lowest BCUT2D eigenvalue weighted by Gasteiger charge is -2.11. The molecule has 0 saturated carbocycles. The summed E-state index contributed by atoms with van der Waals surface area (Å²) in [5.41, 5.74) is 1.31. The van der Waals surface area contributed by atoms with Crippen LogP contribution in [0.5, 0.6) is 5.75 Å². The van der Waals surface area contributed by atoms with Crippen molar-refractivity contribution >= 4 is 57.2 Å². The molecule has 7 nitrogen and oxygen atoms in total. The van der Waals surface area contributed by atoms with Crippen molar-refractivity contribution < 1.29 is 14.8 Å². The van der Waals surface area contributed by atoms with Gasteiger partial charge in [-0.05, 0) is 71.6 Å². The van der Waals surface area contributed by atoms with Crippen LogP contribution in [0.2, 0.25) is 0 Å². The van der Waals surface area contributed by atoms with E-state index in [9.17, 15) is 20.0 Å². The summed E-state index contributed by atoms with van der Waals surface area (Å²) in [7, 11) is 0. The van der Waals surface area contributed by atoms with Crippen LogP contribution in [-0.2, 0) is 0 Å². The number of nitro benzene ring substituents is 1. The van der Waals surface area contributed by atoms with Crippen LogP contribution in [0, 0.1) is 20.6 Å². The zero-order chi connectivity index (χ0) is 17.9. The number of hydrogen-bond donors (Lipinski definition) is 3.